The Balaban J connectivity index is 2.48. The molecule has 0 heterocycles. The highest BCUT2D eigenvalue weighted by Gasteiger charge is 2.18. The fourth-order valence-electron chi connectivity index (χ4n) is 2.39. The van der Waals surface area contributed by atoms with Gasteiger partial charge in [-0.2, -0.15) is 0 Å². The lowest BCUT2D eigenvalue weighted by atomic mass is 10.1. The Morgan fingerprint density at radius 3 is 2.23 bits per heavy atom. The second kappa shape index (κ2) is 11.9. The van der Waals surface area contributed by atoms with Crippen molar-refractivity contribution in [2.75, 3.05) is 30.7 Å². The molecule has 0 aliphatic rings. The summed E-state index contributed by atoms with van der Waals surface area (Å²) in [5.41, 5.74) is 1.31. The van der Waals surface area contributed by atoms with Gasteiger partial charge in [-0.15, -0.1) is 0 Å². The number of nitrogens with one attached hydrogen (secondary N) is 3. The maximum Gasteiger partial charge on any atom is 0.412 e. The first-order valence-corrected chi connectivity index (χ1v) is 11.7. The number of hydrogen-bond donors (Lipinski definition) is 3. The molecule has 0 saturated heterocycles. The highest BCUT2D eigenvalue weighted by atomic mass is 32.2. The summed E-state index contributed by atoms with van der Waals surface area (Å²) in [5.74, 6) is 1.28. The van der Waals surface area contributed by atoms with Crippen LogP contribution < -0.4 is 16.0 Å². The first-order valence-electron chi connectivity index (χ1n) is 10.4. The lowest BCUT2D eigenvalue weighted by Gasteiger charge is -2.19. The van der Waals surface area contributed by atoms with E-state index in [9.17, 15) is 9.00 Å². The number of carbonyl (C=O) groups excluding carboxylic acids is 1. The van der Waals surface area contributed by atoms with Gasteiger partial charge in [-0.3, -0.25) is 14.5 Å². The van der Waals surface area contributed by atoms with Crippen molar-refractivity contribution >= 4 is 28.5 Å². The first kappa shape index (κ1) is 25.9. The van der Waals surface area contributed by atoms with Gasteiger partial charge in [0.1, 0.15) is 5.60 Å². The van der Waals surface area contributed by atoms with Gasteiger partial charge in [0.2, 0.25) is 0 Å². The van der Waals surface area contributed by atoms with Crippen molar-refractivity contribution in [3.63, 3.8) is 0 Å². The monoisotopic (exact) mass is 438 g/mol. The van der Waals surface area contributed by atoms with Crippen molar-refractivity contribution in [3.8, 4) is 0 Å². The number of rotatable bonds is 8. The Morgan fingerprint density at radius 2 is 1.70 bits per heavy atom. The van der Waals surface area contributed by atoms with E-state index < -0.39 is 22.5 Å². The van der Waals surface area contributed by atoms with Crippen molar-refractivity contribution < 1.29 is 13.7 Å². The smallest absolute Gasteiger partial charge is 0.412 e. The third-order valence-electron chi connectivity index (χ3n) is 3.88. The van der Waals surface area contributed by atoms with Gasteiger partial charge in [0.05, 0.1) is 6.54 Å². The molecule has 1 amide bonds. The van der Waals surface area contributed by atoms with E-state index in [-0.39, 0.29) is 4.75 Å². The van der Waals surface area contributed by atoms with Gasteiger partial charge in [-0.25, -0.2) is 4.79 Å². The summed E-state index contributed by atoms with van der Waals surface area (Å²) in [5, 5.41) is 9.24. The molecule has 0 aliphatic carbocycles. The average Bonchev–Trinajstić information content (AvgIpc) is 2.60. The van der Waals surface area contributed by atoms with Crippen LogP contribution in [0, 0.1) is 0 Å². The molecule has 1 aromatic carbocycles. The molecule has 0 aromatic heterocycles. The molecule has 1 rings (SSSR count). The summed E-state index contributed by atoms with van der Waals surface area (Å²) in [4.78, 5) is 16.3. The van der Waals surface area contributed by atoms with Gasteiger partial charge < -0.3 is 15.4 Å². The molecular weight excluding hydrogens is 400 g/mol. The van der Waals surface area contributed by atoms with E-state index in [1.165, 1.54) is 0 Å². The van der Waals surface area contributed by atoms with Gasteiger partial charge >= 0.3 is 6.09 Å². The van der Waals surface area contributed by atoms with Crippen LogP contribution in [-0.2, 0) is 22.0 Å². The van der Waals surface area contributed by atoms with Crippen LogP contribution in [0.4, 0.5) is 10.5 Å². The van der Waals surface area contributed by atoms with Crippen molar-refractivity contribution in [2.24, 2.45) is 4.99 Å². The number of guanidine groups is 1. The van der Waals surface area contributed by atoms with Gasteiger partial charge in [-0.05, 0) is 72.6 Å². The standard InChI is InChI=1S/C22H38N4O3S/c1-8-23-19(25-15-16-30(28)22(5,6)7)24-14-13-17-9-11-18(12-10-17)26-20(27)29-21(2,3)4/h9-12H,8,13-16H2,1-7H3,(H,26,27)(H2,23,24,25). The van der Waals surface area contributed by atoms with Gasteiger partial charge in [-0.1, -0.05) is 12.1 Å². The van der Waals surface area contributed by atoms with Gasteiger partial charge in [0.25, 0.3) is 0 Å². The van der Waals surface area contributed by atoms with Crippen LogP contribution in [0.2, 0.25) is 0 Å². The number of carbonyl (C=O) groups is 1. The summed E-state index contributed by atoms with van der Waals surface area (Å²) < 4.78 is 17.2. The molecule has 7 nitrogen and oxygen atoms in total. The molecule has 3 N–H and O–H groups in total. The van der Waals surface area contributed by atoms with Gasteiger partial charge in [0.15, 0.2) is 5.96 Å². The first-order chi connectivity index (χ1) is 13.9. The number of benzene rings is 1. The number of anilines is 1. The minimum Gasteiger partial charge on any atom is -0.444 e. The number of nitrogens with zero attached hydrogens (tertiary/aromatic N) is 1. The van der Waals surface area contributed by atoms with E-state index in [0.717, 1.165) is 24.5 Å². The van der Waals surface area contributed by atoms with Crippen LogP contribution in [0.1, 0.15) is 54.0 Å². The Morgan fingerprint density at radius 1 is 1.07 bits per heavy atom. The normalized spacial score (nSPS) is 13.5. The molecule has 0 bridgehead atoms. The summed E-state index contributed by atoms with van der Waals surface area (Å²) in [6, 6.07) is 7.68. The Labute approximate surface area is 183 Å². The molecule has 8 heteroatoms. The molecule has 0 radical (unpaired) electrons. The molecule has 1 unspecified atom stereocenters. The maximum absolute atomic E-state index is 12.1. The van der Waals surface area contributed by atoms with E-state index in [1.807, 2.05) is 72.7 Å². The quantitative estimate of drug-likeness (QED) is 0.425. The van der Waals surface area contributed by atoms with E-state index in [2.05, 4.69) is 20.9 Å². The van der Waals surface area contributed by atoms with Crippen LogP contribution in [0.25, 0.3) is 0 Å². The largest absolute Gasteiger partial charge is 0.444 e. The Bertz CT molecular complexity index is 719. The second-order valence-electron chi connectivity index (χ2n) is 8.92. The highest BCUT2D eigenvalue weighted by molar-refractivity contribution is 7.86. The third kappa shape index (κ3) is 11.2. The van der Waals surface area contributed by atoms with Crippen LogP contribution in [0.15, 0.2) is 29.3 Å². The molecule has 170 valence electrons. The van der Waals surface area contributed by atoms with Crippen molar-refractivity contribution in [2.45, 2.75) is 65.2 Å². The average molecular weight is 439 g/mol. The van der Waals surface area contributed by atoms with Crippen molar-refractivity contribution in [1.29, 1.82) is 0 Å². The van der Waals surface area contributed by atoms with Crippen LogP contribution >= 0.6 is 0 Å². The van der Waals surface area contributed by atoms with Gasteiger partial charge in [0, 0.05) is 40.1 Å². The molecule has 1 aromatic rings. The predicted octanol–water partition coefficient (Wildman–Crippen LogP) is 3.68. The number of amides is 1. The molecular formula is C22H38N4O3S. The van der Waals surface area contributed by atoms with Crippen molar-refractivity contribution in [1.82, 2.24) is 10.6 Å². The topological polar surface area (TPSA) is 91.8 Å². The van der Waals surface area contributed by atoms with E-state index in [0.29, 0.717) is 24.5 Å². The Hall–Kier alpha value is -2.09. The highest BCUT2D eigenvalue weighted by Crippen LogP contribution is 2.13. The molecule has 0 saturated carbocycles. The molecule has 0 spiro atoms. The number of hydrogen-bond acceptors (Lipinski definition) is 4. The summed E-state index contributed by atoms with van der Waals surface area (Å²) in [6.07, 6.45) is 0.348. The lowest BCUT2D eigenvalue weighted by molar-refractivity contribution is 0.0636. The summed E-state index contributed by atoms with van der Waals surface area (Å²) in [7, 11) is -0.907. The lowest BCUT2D eigenvalue weighted by Crippen LogP contribution is -2.38. The SMILES string of the molecule is CCNC(=NCCS(=O)C(C)(C)C)NCCc1ccc(NC(=O)OC(C)(C)C)cc1. The fraction of sp³-hybridized carbons (Fsp3) is 0.636. The van der Waals surface area contributed by atoms with Crippen LogP contribution in [0.5, 0.6) is 0 Å². The van der Waals surface area contributed by atoms with E-state index in [1.54, 1.807) is 0 Å². The maximum atomic E-state index is 12.1. The molecule has 1 atom stereocenters. The molecule has 30 heavy (non-hydrogen) atoms. The van der Waals surface area contributed by atoms with E-state index >= 15 is 0 Å². The fourth-order valence-corrected chi connectivity index (χ4v) is 3.26. The zero-order valence-corrected chi connectivity index (χ0v) is 20.2. The third-order valence-corrected chi connectivity index (χ3v) is 5.80. The minimum atomic E-state index is -0.907. The van der Waals surface area contributed by atoms with E-state index in [4.69, 9.17) is 4.74 Å². The van der Waals surface area contributed by atoms with Crippen LogP contribution in [0.3, 0.4) is 0 Å². The molecule has 0 fully saturated rings. The van der Waals surface area contributed by atoms with Crippen LogP contribution in [-0.4, -0.2) is 52.0 Å². The minimum absolute atomic E-state index is 0.216. The zero-order chi connectivity index (χ0) is 22.8. The zero-order valence-electron chi connectivity index (χ0n) is 19.4. The second-order valence-corrected chi connectivity index (χ2v) is 11.2. The molecule has 0 aliphatic heterocycles. The van der Waals surface area contributed by atoms with Crippen molar-refractivity contribution in [3.05, 3.63) is 29.8 Å². The predicted molar refractivity (Wildman–Crippen MR) is 127 cm³/mol. The summed E-state index contributed by atoms with van der Waals surface area (Å²) in [6.45, 7) is 15.4. The number of ether oxygens (including phenoxy) is 1. The Kier molecular flexibility index (Phi) is 10.3. The summed E-state index contributed by atoms with van der Waals surface area (Å²) >= 11 is 0. The number of aliphatic imine (C=N–C) groups is 1.